The predicted octanol–water partition coefficient (Wildman–Crippen LogP) is 2.98. The summed E-state index contributed by atoms with van der Waals surface area (Å²) < 4.78 is 0. The molecule has 0 spiro atoms. The third-order valence-corrected chi connectivity index (χ3v) is 1.80. The summed E-state index contributed by atoms with van der Waals surface area (Å²) in [5, 5.41) is 9.52. The summed E-state index contributed by atoms with van der Waals surface area (Å²) in [5.41, 5.74) is -0.568. The van der Waals surface area contributed by atoms with Crippen LogP contribution < -0.4 is 6.15 Å². The van der Waals surface area contributed by atoms with E-state index in [2.05, 4.69) is 6.58 Å². The molecule has 1 atom stereocenters. The summed E-state index contributed by atoms with van der Waals surface area (Å²) in [4.78, 5) is 0. The molecule has 0 saturated carbocycles. The first-order valence-corrected chi connectivity index (χ1v) is 3.34. The Morgan fingerprint density at radius 3 is 1.83 bits per heavy atom. The second-order valence-electron chi connectivity index (χ2n) is 3.00. The van der Waals surface area contributed by atoms with Crippen molar-refractivity contribution in [1.29, 1.82) is 0 Å². The second-order valence-corrected chi connectivity index (χ2v) is 3.00. The summed E-state index contributed by atoms with van der Waals surface area (Å²) in [5.74, 6) is 0.301. The van der Waals surface area contributed by atoms with Crippen LogP contribution in [0.15, 0.2) is 12.7 Å². The largest absolute Gasteiger partial charge is 0.390 e. The van der Waals surface area contributed by atoms with Gasteiger partial charge >= 0.3 is 0 Å². The molecule has 0 saturated heterocycles. The third kappa shape index (κ3) is 8.34. The van der Waals surface area contributed by atoms with Crippen molar-refractivity contribution in [2.45, 2.75) is 32.8 Å². The van der Waals surface area contributed by atoms with Crippen molar-refractivity contribution in [3.63, 3.8) is 0 Å². The number of hydrogen-bond donors (Lipinski definition) is 2. The highest BCUT2D eigenvalue weighted by Crippen LogP contribution is 2.19. The molecule has 0 aromatic rings. The van der Waals surface area contributed by atoms with Crippen LogP contribution in [-0.2, 0) is 0 Å². The van der Waals surface area contributed by atoms with Crippen molar-refractivity contribution < 1.29 is 5.11 Å². The van der Waals surface area contributed by atoms with Gasteiger partial charge in [-0.05, 0) is 19.3 Å². The molecule has 0 radical (unpaired) electrons. The molecule has 0 aliphatic carbocycles. The molecule has 0 aliphatic heterocycles. The molecular weight excluding hydrogens is 197 g/mol. The van der Waals surface area contributed by atoms with Crippen LogP contribution in [0.4, 0.5) is 0 Å². The average Bonchev–Trinajstić information content (AvgIpc) is 1.65. The van der Waals surface area contributed by atoms with E-state index in [1.807, 2.05) is 20.8 Å². The van der Waals surface area contributed by atoms with Gasteiger partial charge in [0.2, 0.25) is 0 Å². The van der Waals surface area contributed by atoms with Crippen LogP contribution in [0.3, 0.4) is 0 Å². The summed E-state index contributed by atoms with van der Waals surface area (Å²) in [6.07, 6.45) is 2.42. The van der Waals surface area contributed by atoms with E-state index < -0.39 is 5.60 Å². The summed E-state index contributed by atoms with van der Waals surface area (Å²) >= 11 is 0. The first kappa shape index (κ1) is 22.8. The molecule has 0 aromatic heterocycles. The molecular formula is C8H21Cl2NO. The highest BCUT2D eigenvalue weighted by atomic mass is 35.5. The van der Waals surface area contributed by atoms with Crippen molar-refractivity contribution in [2.24, 2.45) is 5.92 Å². The molecule has 0 aliphatic rings. The van der Waals surface area contributed by atoms with Crippen LogP contribution in [0, 0.1) is 5.92 Å². The average molecular weight is 218 g/mol. The molecule has 4 heteroatoms. The lowest BCUT2D eigenvalue weighted by molar-refractivity contribution is 0.0166. The lowest BCUT2D eigenvalue weighted by Gasteiger charge is -2.25. The van der Waals surface area contributed by atoms with Crippen LogP contribution in [0.2, 0.25) is 0 Å². The molecule has 0 heterocycles. The Balaban J connectivity index is -0.000000107. The third-order valence-electron chi connectivity index (χ3n) is 1.80. The lowest BCUT2D eigenvalue weighted by atomic mass is 9.89. The topological polar surface area (TPSA) is 55.2 Å². The minimum absolute atomic E-state index is 0. The zero-order valence-electron chi connectivity index (χ0n) is 8.04. The Kier molecular flexibility index (Phi) is 17.7. The zero-order chi connectivity index (χ0) is 7.49. The van der Waals surface area contributed by atoms with E-state index >= 15 is 0 Å². The van der Waals surface area contributed by atoms with Crippen LogP contribution >= 0.6 is 24.8 Å². The van der Waals surface area contributed by atoms with E-state index in [1.165, 1.54) is 0 Å². The quantitative estimate of drug-likeness (QED) is 0.715. The number of aliphatic hydroxyl groups is 1. The van der Waals surface area contributed by atoms with Gasteiger partial charge in [0.05, 0.1) is 5.60 Å². The number of hydrogen-bond acceptors (Lipinski definition) is 2. The molecule has 0 fully saturated rings. The van der Waals surface area contributed by atoms with E-state index in [9.17, 15) is 5.11 Å². The maximum Gasteiger partial charge on any atom is 0.0676 e. The normalized spacial score (nSPS) is 13.1. The van der Waals surface area contributed by atoms with Gasteiger partial charge in [-0.1, -0.05) is 19.9 Å². The molecule has 2 nitrogen and oxygen atoms in total. The fraction of sp³-hybridized carbons (Fsp3) is 0.750. The molecule has 0 bridgehead atoms. The van der Waals surface area contributed by atoms with E-state index in [0.29, 0.717) is 12.3 Å². The molecule has 0 amide bonds. The highest BCUT2D eigenvalue weighted by molar-refractivity contribution is 5.85. The van der Waals surface area contributed by atoms with Crippen LogP contribution in [0.5, 0.6) is 0 Å². The van der Waals surface area contributed by atoms with Gasteiger partial charge in [0.15, 0.2) is 0 Å². The van der Waals surface area contributed by atoms with Gasteiger partial charge in [-0.2, -0.15) is 0 Å². The molecule has 4 N–H and O–H groups in total. The van der Waals surface area contributed by atoms with Crippen LogP contribution in [0.1, 0.15) is 27.2 Å². The summed E-state index contributed by atoms with van der Waals surface area (Å²) in [6, 6.07) is 0. The van der Waals surface area contributed by atoms with E-state index in [0.717, 1.165) is 0 Å². The monoisotopic (exact) mass is 217 g/mol. The van der Waals surface area contributed by atoms with Gasteiger partial charge < -0.3 is 11.3 Å². The smallest absolute Gasteiger partial charge is 0.0676 e. The van der Waals surface area contributed by atoms with Crippen molar-refractivity contribution in [3.05, 3.63) is 12.7 Å². The Labute approximate surface area is 87.8 Å². The zero-order valence-corrected chi connectivity index (χ0v) is 9.67. The molecule has 12 heavy (non-hydrogen) atoms. The number of halogens is 2. The van der Waals surface area contributed by atoms with Crippen molar-refractivity contribution in [1.82, 2.24) is 6.15 Å². The van der Waals surface area contributed by atoms with Crippen molar-refractivity contribution in [3.8, 4) is 0 Å². The predicted molar refractivity (Wildman–Crippen MR) is 59.8 cm³/mol. The first-order valence-electron chi connectivity index (χ1n) is 3.34. The molecule has 1 unspecified atom stereocenters. The molecule has 0 rings (SSSR count). The lowest BCUT2D eigenvalue weighted by Crippen LogP contribution is -2.29. The maximum absolute atomic E-state index is 9.52. The van der Waals surface area contributed by atoms with Gasteiger partial charge in [0.25, 0.3) is 0 Å². The van der Waals surface area contributed by atoms with Gasteiger partial charge in [-0.15, -0.1) is 31.4 Å². The van der Waals surface area contributed by atoms with Gasteiger partial charge in [-0.25, -0.2) is 0 Å². The SMILES string of the molecule is C=CCC(C)(O)C(C)C.Cl.Cl.N. The van der Waals surface area contributed by atoms with Crippen LogP contribution in [0.25, 0.3) is 0 Å². The highest BCUT2D eigenvalue weighted by Gasteiger charge is 2.22. The van der Waals surface area contributed by atoms with Gasteiger partial charge in [0.1, 0.15) is 0 Å². The standard InChI is InChI=1S/C8H16O.2ClH.H3N/c1-5-6-8(4,9)7(2)3;;;/h5,7,9H,1,6H2,2-4H3;2*1H;1H3. The summed E-state index contributed by atoms with van der Waals surface area (Å²) in [6.45, 7) is 9.41. The van der Waals surface area contributed by atoms with Crippen LogP contribution in [-0.4, -0.2) is 10.7 Å². The Morgan fingerprint density at radius 1 is 1.42 bits per heavy atom. The Bertz CT molecular complexity index is 105. The maximum atomic E-state index is 9.52. The van der Waals surface area contributed by atoms with Gasteiger partial charge in [-0.3, -0.25) is 0 Å². The van der Waals surface area contributed by atoms with E-state index in [-0.39, 0.29) is 31.0 Å². The minimum atomic E-state index is -0.568. The molecule has 78 valence electrons. The fourth-order valence-electron chi connectivity index (χ4n) is 0.528. The van der Waals surface area contributed by atoms with Crippen molar-refractivity contribution >= 4 is 24.8 Å². The van der Waals surface area contributed by atoms with Gasteiger partial charge in [0, 0.05) is 0 Å². The Hall–Kier alpha value is 0.240. The van der Waals surface area contributed by atoms with E-state index in [1.54, 1.807) is 6.08 Å². The van der Waals surface area contributed by atoms with E-state index in [4.69, 9.17) is 0 Å². The van der Waals surface area contributed by atoms with Crippen molar-refractivity contribution in [2.75, 3.05) is 0 Å². The summed E-state index contributed by atoms with van der Waals surface area (Å²) in [7, 11) is 0. The number of rotatable bonds is 3. The molecule has 0 aromatic carbocycles. The minimum Gasteiger partial charge on any atom is -0.390 e. The first-order chi connectivity index (χ1) is 4.00. The second kappa shape index (κ2) is 9.33. The Morgan fingerprint density at radius 2 is 1.75 bits per heavy atom. The fourth-order valence-corrected chi connectivity index (χ4v) is 0.528.